The van der Waals surface area contributed by atoms with Crippen molar-refractivity contribution in [3.63, 3.8) is 0 Å². The van der Waals surface area contributed by atoms with Crippen molar-refractivity contribution in [1.29, 1.82) is 0 Å². The van der Waals surface area contributed by atoms with Crippen LogP contribution in [0.15, 0.2) is 41.8 Å². The fourth-order valence-electron chi connectivity index (χ4n) is 4.31. The Labute approximate surface area is 193 Å². The third-order valence-electron chi connectivity index (χ3n) is 5.90. The maximum atomic E-state index is 13.9. The van der Waals surface area contributed by atoms with Crippen molar-refractivity contribution >= 4 is 17.2 Å². The van der Waals surface area contributed by atoms with E-state index in [1.54, 1.807) is 17.4 Å². The lowest BCUT2D eigenvalue weighted by Gasteiger charge is -2.28. The molecule has 3 aromatic rings. The maximum absolute atomic E-state index is 13.9. The lowest BCUT2D eigenvalue weighted by molar-refractivity contribution is -0.131. The summed E-state index contributed by atoms with van der Waals surface area (Å²) in [5.41, 5.74) is 3.96. The standard InChI is InChI=1S/C25H31FN4OS/c1-4-28-11-10-24-22(16-28)23(27-30(24)20-8-5-7-19(26)13-20)17-29(15-18(2)3)25(31)14-21-9-6-12-32-21/h5-9,12-13,18H,4,10-11,14-17H2,1-3H3. The van der Waals surface area contributed by atoms with Crippen molar-refractivity contribution in [2.45, 2.75) is 46.7 Å². The first-order chi connectivity index (χ1) is 15.4. The Kier molecular flexibility index (Phi) is 7.06. The van der Waals surface area contributed by atoms with E-state index in [1.807, 2.05) is 33.2 Å². The molecule has 0 fully saturated rings. The van der Waals surface area contributed by atoms with Crippen LogP contribution in [0.3, 0.4) is 0 Å². The molecule has 1 aliphatic heterocycles. The highest BCUT2D eigenvalue weighted by Crippen LogP contribution is 2.27. The number of benzene rings is 1. The van der Waals surface area contributed by atoms with E-state index in [0.717, 1.165) is 48.0 Å². The molecule has 1 aromatic carbocycles. The van der Waals surface area contributed by atoms with Gasteiger partial charge in [-0.25, -0.2) is 9.07 Å². The number of carbonyl (C=O) groups is 1. The zero-order valence-corrected chi connectivity index (χ0v) is 19.9. The summed E-state index contributed by atoms with van der Waals surface area (Å²) in [5, 5.41) is 6.94. The van der Waals surface area contributed by atoms with Crippen LogP contribution < -0.4 is 0 Å². The van der Waals surface area contributed by atoms with E-state index in [9.17, 15) is 9.18 Å². The van der Waals surface area contributed by atoms with Crippen molar-refractivity contribution in [2.75, 3.05) is 19.6 Å². The maximum Gasteiger partial charge on any atom is 0.228 e. The van der Waals surface area contributed by atoms with E-state index in [1.165, 1.54) is 17.7 Å². The van der Waals surface area contributed by atoms with E-state index < -0.39 is 0 Å². The molecule has 4 rings (SSSR count). The Morgan fingerprint density at radius 3 is 2.81 bits per heavy atom. The highest BCUT2D eigenvalue weighted by molar-refractivity contribution is 7.10. The number of fused-ring (bicyclic) bond motifs is 1. The van der Waals surface area contributed by atoms with Gasteiger partial charge >= 0.3 is 0 Å². The average Bonchev–Trinajstić information content (AvgIpc) is 3.40. The van der Waals surface area contributed by atoms with Crippen LogP contribution in [0.5, 0.6) is 0 Å². The van der Waals surface area contributed by atoms with Gasteiger partial charge in [-0.3, -0.25) is 9.69 Å². The highest BCUT2D eigenvalue weighted by atomic mass is 32.1. The summed E-state index contributed by atoms with van der Waals surface area (Å²) >= 11 is 1.61. The van der Waals surface area contributed by atoms with Gasteiger partial charge in [0, 0.05) is 36.5 Å². The molecule has 170 valence electrons. The third kappa shape index (κ3) is 5.10. The Bertz CT molecular complexity index is 1060. The minimum absolute atomic E-state index is 0.123. The Morgan fingerprint density at radius 2 is 2.12 bits per heavy atom. The molecule has 0 unspecified atom stereocenters. The first-order valence-electron chi connectivity index (χ1n) is 11.3. The number of halogens is 1. The SMILES string of the molecule is CCN1CCc2c(c(CN(CC(C)C)C(=O)Cc3cccs3)nn2-c2cccc(F)c2)C1. The van der Waals surface area contributed by atoms with E-state index >= 15 is 0 Å². The van der Waals surface area contributed by atoms with Gasteiger partial charge in [-0.2, -0.15) is 5.10 Å². The number of aromatic nitrogens is 2. The van der Waals surface area contributed by atoms with Gasteiger partial charge in [0.05, 0.1) is 30.0 Å². The third-order valence-corrected chi connectivity index (χ3v) is 6.78. The molecule has 5 nitrogen and oxygen atoms in total. The van der Waals surface area contributed by atoms with E-state index in [-0.39, 0.29) is 11.7 Å². The zero-order valence-electron chi connectivity index (χ0n) is 19.1. The molecule has 0 spiro atoms. The molecule has 3 heterocycles. The van der Waals surface area contributed by atoms with Crippen LogP contribution in [-0.2, 0) is 30.7 Å². The fourth-order valence-corrected chi connectivity index (χ4v) is 5.01. The quantitative estimate of drug-likeness (QED) is 0.496. The fraction of sp³-hybridized carbons (Fsp3) is 0.440. The Hall–Kier alpha value is -2.51. The summed E-state index contributed by atoms with van der Waals surface area (Å²) in [5.74, 6) is 0.209. The van der Waals surface area contributed by atoms with Crippen LogP contribution in [-0.4, -0.2) is 45.1 Å². The van der Waals surface area contributed by atoms with Crippen LogP contribution in [0.4, 0.5) is 4.39 Å². The molecular weight excluding hydrogens is 423 g/mol. The molecule has 0 aliphatic carbocycles. The number of likely N-dealkylation sites (N-methyl/N-ethyl adjacent to an activating group) is 1. The first-order valence-corrected chi connectivity index (χ1v) is 12.2. The van der Waals surface area contributed by atoms with Crippen molar-refractivity contribution in [2.24, 2.45) is 5.92 Å². The van der Waals surface area contributed by atoms with Crippen LogP contribution in [0, 0.1) is 11.7 Å². The molecule has 1 aliphatic rings. The summed E-state index contributed by atoms with van der Waals surface area (Å²) in [7, 11) is 0. The summed E-state index contributed by atoms with van der Waals surface area (Å²) in [6, 6.07) is 10.6. The smallest absolute Gasteiger partial charge is 0.228 e. The van der Waals surface area contributed by atoms with E-state index in [4.69, 9.17) is 5.10 Å². The minimum atomic E-state index is -0.271. The minimum Gasteiger partial charge on any atom is -0.336 e. The molecule has 7 heteroatoms. The molecule has 0 saturated heterocycles. The summed E-state index contributed by atoms with van der Waals surface area (Å²) < 4.78 is 15.8. The van der Waals surface area contributed by atoms with Crippen molar-refractivity contribution in [1.82, 2.24) is 19.6 Å². The van der Waals surface area contributed by atoms with E-state index in [2.05, 4.69) is 25.7 Å². The normalized spacial score (nSPS) is 14.0. The number of hydrogen-bond acceptors (Lipinski definition) is 4. The summed E-state index contributed by atoms with van der Waals surface area (Å²) in [4.78, 5) is 18.6. The summed E-state index contributed by atoms with van der Waals surface area (Å²) in [6.45, 7) is 10.3. The van der Waals surface area contributed by atoms with Gasteiger partial charge in [-0.15, -0.1) is 11.3 Å². The van der Waals surface area contributed by atoms with Gasteiger partial charge in [-0.1, -0.05) is 32.9 Å². The lowest BCUT2D eigenvalue weighted by atomic mass is 10.0. The Balaban J connectivity index is 1.68. The number of thiophene rings is 1. The number of rotatable bonds is 8. The molecule has 1 amide bonds. The molecule has 2 aromatic heterocycles. The van der Waals surface area contributed by atoms with Crippen LogP contribution >= 0.6 is 11.3 Å². The van der Waals surface area contributed by atoms with Crippen molar-refractivity contribution in [3.8, 4) is 5.69 Å². The molecule has 0 N–H and O–H groups in total. The van der Waals surface area contributed by atoms with Crippen molar-refractivity contribution in [3.05, 3.63) is 69.4 Å². The zero-order chi connectivity index (χ0) is 22.7. The first kappa shape index (κ1) is 22.7. The number of nitrogens with zero attached hydrogens (tertiary/aromatic N) is 4. The largest absolute Gasteiger partial charge is 0.336 e. The molecule has 0 radical (unpaired) electrons. The second-order valence-electron chi connectivity index (χ2n) is 8.81. The van der Waals surface area contributed by atoms with Gasteiger partial charge in [0.25, 0.3) is 0 Å². The van der Waals surface area contributed by atoms with Gasteiger partial charge in [-0.05, 0) is 42.1 Å². The number of hydrogen-bond donors (Lipinski definition) is 0. The monoisotopic (exact) mass is 454 g/mol. The summed E-state index contributed by atoms with van der Waals surface area (Å²) in [6.07, 6.45) is 1.28. The molecule has 0 atom stereocenters. The second-order valence-corrected chi connectivity index (χ2v) is 9.84. The van der Waals surface area contributed by atoms with Gasteiger partial charge in [0.1, 0.15) is 5.82 Å². The lowest BCUT2D eigenvalue weighted by Crippen LogP contribution is -2.36. The van der Waals surface area contributed by atoms with Crippen LogP contribution in [0.25, 0.3) is 5.69 Å². The Morgan fingerprint density at radius 1 is 1.28 bits per heavy atom. The molecule has 0 saturated carbocycles. The molecule has 32 heavy (non-hydrogen) atoms. The number of carbonyl (C=O) groups excluding carboxylic acids is 1. The van der Waals surface area contributed by atoms with E-state index in [0.29, 0.717) is 25.4 Å². The van der Waals surface area contributed by atoms with Gasteiger partial charge in [0.15, 0.2) is 0 Å². The van der Waals surface area contributed by atoms with Gasteiger partial charge < -0.3 is 4.90 Å². The number of amides is 1. The highest BCUT2D eigenvalue weighted by Gasteiger charge is 2.27. The van der Waals surface area contributed by atoms with Crippen LogP contribution in [0.1, 0.15) is 42.6 Å². The van der Waals surface area contributed by atoms with Crippen LogP contribution in [0.2, 0.25) is 0 Å². The topological polar surface area (TPSA) is 41.4 Å². The predicted molar refractivity (Wildman–Crippen MR) is 126 cm³/mol. The molecular formula is C25H31FN4OS. The van der Waals surface area contributed by atoms with Crippen molar-refractivity contribution < 1.29 is 9.18 Å². The molecule has 0 bridgehead atoms. The predicted octanol–water partition coefficient (Wildman–Crippen LogP) is 4.68. The van der Waals surface area contributed by atoms with Gasteiger partial charge in [0.2, 0.25) is 5.91 Å². The average molecular weight is 455 g/mol. The second kappa shape index (κ2) is 9.96.